The molecule has 5 nitrogen and oxygen atoms in total. The fourth-order valence-electron chi connectivity index (χ4n) is 2.85. The monoisotopic (exact) mass is 546 g/mol. The maximum atomic E-state index is 11.9. The van der Waals surface area contributed by atoms with Gasteiger partial charge in [-0.1, -0.05) is 40.2 Å². The van der Waals surface area contributed by atoms with Crippen molar-refractivity contribution in [3.05, 3.63) is 68.5 Å². The number of nitrogens with one attached hydrogen (secondary N) is 1. The number of halogens is 2. The van der Waals surface area contributed by atoms with E-state index in [-0.39, 0.29) is 29.5 Å². The number of pyridine rings is 1. The smallest absolute Gasteiger partial charge is 0.250 e. The molecule has 0 amide bonds. The molecule has 1 aromatic carbocycles. The summed E-state index contributed by atoms with van der Waals surface area (Å²) in [7, 11) is 3.83. The van der Waals surface area contributed by atoms with Gasteiger partial charge in [0.05, 0.1) is 0 Å². The SMILES string of the molecule is CN=C(NCCCCn1c(C)cccc1=O)N(C)Cc1ccccc1Br.I. The Morgan fingerprint density at radius 3 is 2.59 bits per heavy atom. The van der Waals surface area contributed by atoms with Crippen molar-refractivity contribution in [2.24, 2.45) is 4.99 Å². The lowest BCUT2D eigenvalue weighted by Gasteiger charge is -2.22. The van der Waals surface area contributed by atoms with Gasteiger partial charge in [-0.25, -0.2) is 0 Å². The maximum Gasteiger partial charge on any atom is 0.250 e. The van der Waals surface area contributed by atoms with E-state index in [2.05, 4.69) is 37.2 Å². The largest absolute Gasteiger partial charge is 0.356 e. The highest BCUT2D eigenvalue weighted by Crippen LogP contribution is 2.17. The molecule has 2 rings (SSSR count). The minimum absolute atomic E-state index is 0. The van der Waals surface area contributed by atoms with Gasteiger partial charge in [0.1, 0.15) is 0 Å². The van der Waals surface area contributed by atoms with Gasteiger partial charge < -0.3 is 14.8 Å². The second kappa shape index (κ2) is 12.2. The van der Waals surface area contributed by atoms with Crippen molar-refractivity contribution >= 4 is 45.9 Å². The van der Waals surface area contributed by atoms with Crippen molar-refractivity contribution in [2.75, 3.05) is 20.6 Å². The van der Waals surface area contributed by atoms with Crippen LogP contribution in [-0.4, -0.2) is 36.1 Å². The second-order valence-electron chi connectivity index (χ2n) is 6.29. The lowest BCUT2D eigenvalue weighted by Crippen LogP contribution is -2.39. The Morgan fingerprint density at radius 2 is 1.93 bits per heavy atom. The highest BCUT2D eigenvalue weighted by Gasteiger charge is 2.08. The van der Waals surface area contributed by atoms with E-state index in [1.54, 1.807) is 19.2 Å². The van der Waals surface area contributed by atoms with E-state index in [4.69, 9.17) is 0 Å². The van der Waals surface area contributed by atoms with Crippen LogP contribution >= 0.6 is 39.9 Å². The first kappa shape index (κ1) is 23.7. The molecule has 0 saturated carbocycles. The predicted molar refractivity (Wildman–Crippen MR) is 127 cm³/mol. The number of aliphatic imine (C=N–C) groups is 1. The van der Waals surface area contributed by atoms with Crippen molar-refractivity contribution in [3.8, 4) is 0 Å². The molecule has 1 N–H and O–H groups in total. The van der Waals surface area contributed by atoms with Crippen LogP contribution in [0.3, 0.4) is 0 Å². The molecular formula is C20H28BrIN4O. The lowest BCUT2D eigenvalue weighted by atomic mass is 10.2. The number of aromatic nitrogens is 1. The number of benzene rings is 1. The molecule has 0 aliphatic heterocycles. The molecule has 0 aliphatic rings. The highest BCUT2D eigenvalue weighted by atomic mass is 127. The summed E-state index contributed by atoms with van der Waals surface area (Å²) < 4.78 is 2.93. The van der Waals surface area contributed by atoms with Crippen LogP contribution < -0.4 is 10.9 Å². The third kappa shape index (κ3) is 7.29. The van der Waals surface area contributed by atoms with Crippen LogP contribution in [0.15, 0.2) is 56.7 Å². The van der Waals surface area contributed by atoms with Gasteiger partial charge in [-0.05, 0) is 37.5 Å². The molecule has 0 aliphatic carbocycles. The molecular weight excluding hydrogens is 519 g/mol. The Labute approximate surface area is 187 Å². The third-order valence-corrected chi connectivity index (χ3v) is 5.07. The van der Waals surface area contributed by atoms with Crippen LogP contribution in [0.25, 0.3) is 0 Å². The zero-order valence-corrected chi connectivity index (χ0v) is 20.0. The predicted octanol–water partition coefficient (Wildman–Crippen LogP) is 4.02. The van der Waals surface area contributed by atoms with E-state index in [1.165, 1.54) is 5.56 Å². The molecule has 0 bridgehead atoms. The Bertz CT molecular complexity index is 807. The quantitative estimate of drug-likeness (QED) is 0.247. The minimum atomic E-state index is 0. The number of rotatable bonds is 7. The van der Waals surface area contributed by atoms with E-state index >= 15 is 0 Å². The van der Waals surface area contributed by atoms with Gasteiger partial charge >= 0.3 is 0 Å². The normalized spacial score (nSPS) is 11.0. The summed E-state index contributed by atoms with van der Waals surface area (Å²) in [6.07, 6.45) is 1.92. The molecule has 1 aromatic heterocycles. The van der Waals surface area contributed by atoms with E-state index in [9.17, 15) is 4.79 Å². The van der Waals surface area contributed by atoms with Crippen molar-refractivity contribution in [1.29, 1.82) is 0 Å². The standard InChI is InChI=1S/C20H27BrN4O.HI/c1-16-9-8-12-19(26)25(16)14-7-6-13-23-20(22-2)24(3)15-17-10-4-5-11-18(17)21;/h4-5,8-12H,6-7,13-15H2,1-3H3,(H,22,23);1H. The third-order valence-electron chi connectivity index (χ3n) is 4.30. The summed E-state index contributed by atoms with van der Waals surface area (Å²) in [4.78, 5) is 18.3. The van der Waals surface area contributed by atoms with Crippen LogP contribution in [0.4, 0.5) is 0 Å². The van der Waals surface area contributed by atoms with Gasteiger partial charge in [0.25, 0.3) is 5.56 Å². The first-order valence-corrected chi connectivity index (χ1v) is 9.64. The van der Waals surface area contributed by atoms with Gasteiger partial charge in [-0.3, -0.25) is 9.79 Å². The number of nitrogens with zero attached hydrogens (tertiary/aromatic N) is 3. The van der Waals surface area contributed by atoms with Crippen LogP contribution in [0, 0.1) is 6.92 Å². The van der Waals surface area contributed by atoms with Crippen molar-refractivity contribution in [3.63, 3.8) is 0 Å². The molecule has 2 aromatic rings. The number of hydrogen-bond acceptors (Lipinski definition) is 2. The fourth-order valence-corrected chi connectivity index (χ4v) is 3.26. The van der Waals surface area contributed by atoms with E-state index in [0.717, 1.165) is 48.6 Å². The zero-order valence-electron chi connectivity index (χ0n) is 16.1. The summed E-state index contributed by atoms with van der Waals surface area (Å²) in [6, 6.07) is 13.6. The number of aryl methyl sites for hydroxylation is 1. The summed E-state index contributed by atoms with van der Waals surface area (Å²) >= 11 is 3.59. The Hall–Kier alpha value is -1.35. The summed E-state index contributed by atoms with van der Waals surface area (Å²) in [5.74, 6) is 0.869. The van der Waals surface area contributed by atoms with E-state index in [0.29, 0.717) is 0 Å². The molecule has 0 saturated heterocycles. The van der Waals surface area contributed by atoms with E-state index in [1.807, 2.05) is 42.8 Å². The first-order chi connectivity index (χ1) is 12.5. The molecule has 148 valence electrons. The molecule has 0 fully saturated rings. The van der Waals surface area contributed by atoms with Gasteiger partial charge in [0, 0.05) is 50.0 Å². The van der Waals surface area contributed by atoms with Crippen molar-refractivity contribution < 1.29 is 0 Å². The average Bonchev–Trinajstić information content (AvgIpc) is 2.62. The number of unbranched alkanes of at least 4 members (excludes halogenated alkanes) is 1. The number of guanidine groups is 1. The summed E-state index contributed by atoms with van der Waals surface area (Å²) in [6.45, 7) is 4.32. The maximum absolute atomic E-state index is 11.9. The van der Waals surface area contributed by atoms with Gasteiger partial charge in [-0.2, -0.15) is 0 Å². The Kier molecular flexibility index (Phi) is 10.7. The van der Waals surface area contributed by atoms with Gasteiger partial charge in [-0.15, -0.1) is 24.0 Å². The molecule has 0 unspecified atom stereocenters. The summed E-state index contributed by atoms with van der Waals surface area (Å²) in [5, 5.41) is 3.40. The van der Waals surface area contributed by atoms with Crippen molar-refractivity contribution in [2.45, 2.75) is 32.9 Å². The molecule has 0 radical (unpaired) electrons. The first-order valence-electron chi connectivity index (χ1n) is 8.84. The Morgan fingerprint density at radius 1 is 1.19 bits per heavy atom. The van der Waals surface area contributed by atoms with E-state index < -0.39 is 0 Å². The fraction of sp³-hybridized carbons (Fsp3) is 0.400. The highest BCUT2D eigenvalue weighted by molar-refractivity contribution is 14.0. The molecule has 0 spiro atoms. The average molecular weight is 547 g/mol. The van der Waals surface area contributed by atoms with Crippen LogP contribution in [-0.2, 0) is 13.1 Å². The molecule has 7 heteroatoms. The molecule has 0 atom stereocenters. The second-order valence-corrected chi connectivity index (χ2v) is 7.14. The zero-order chi connectivity index (χ0) is 18.9. The van der Waals surface area contributed by atoms with Gasteiger partial charge in [0.2, 0.25) is 0 Å². The summed E-state index contributed by atoms with van der Waals surface area (Å²) in [5.41, 5.74) is 2.30. The van der Waals surface area contributed by atoms with Crippen LogP contribution in [0.2, 0.25) is 0 Å². The van der Waals surface area contributed by atoms with Crippen molar-refractivity contribution in [1.82, 2.24) is 14.8 Å². The number of hydrogen-bond donors (Lipinski definition) is 1. The minimum Gasteiger partial charge on any atom is -0.356 e. The molecule has 1 heterocycles. The topological polar surface area (TPSA) is 49.6 Å². The Balaban J connectivity index is 0.00000364. The molecule has 27 heavy (non-hydrogen) atoms. The van der Waals surface area contributed by atoms with Gasteiger partial charge in [0.15, 0.2) is 5.96 Å². The van der Waals surface area contributed by atoms with Crippen LogP contribution in [0.1, 0.15) is 24.1 Å². The lowest BCUT2D eigenvalue weighted by molar-refractivity contribution is 0.471. The van der Waals surface area contributed by atoms with Crippen LogP contribution in [0.5, 0.6) is 0 Å².